The normalized spacial score (nSPS) is 10.9. The summed E-state index contributed by atoms with van der Waals surface area (Å²) in [5.41, 5.74) is 3.14. The van der Waals surface area contributed by atoms with Crippen molar-refractivity contribution in [2.45, 2.75) is 6.54 Å². The number of aromatic nitrogens is 2. The van der Waals surface area contributed by atoms with E-state index in [2.05, 4.69) is 10.3 Å². The Hall–Kier alpha value is -2.63. The van der Waals surface area contributed by atoms with Gasteiger partial charge in [-0.1, -0.05) is 54.1 Å². The monoisotopic (exact) mass is 367 g/mol. The summed E-state index contributed by atoms with van der Waals surface area (Å²) >= 11 is 7.50. The Morgan fingerprint density at radius 1 is 1.16 bits per heavy atom. The van der Waals surface area contributed by atoms with Crippen molar-refractivity contribution >= 4 is 33.8 Å². The van der Waals surface area contributed by atoms with Crippen molar-refractivity contribution in [2.75, 3.05) is 0 Å². The van der Waals surface area contributed by atoms with E-state index in [1.807, 2.05) is 70.6 Å². The van der Waals surface area contributed by atoms with Crippen LogP contribution in [0, 0.1) is 0 Å². The molecule has 0 unspecified atom stereocenters. The average Bonchev–Trinajstić information content (AvgIpc) is 3.21. The van der Waals surface area contributed by atoms with E-state index in [4.69, 9.17) is 11.6 Å². The van der Waals surface area contributed by atoms with Crippen molar-refractivity contribution in [3.63, 3.8) is 0 Å². The zero-order valence-corrected chi connectivity index (χ0v) is 14.7. The summed E-state index contributed by atoms with van der Waals surface area (Å²) in [6.07, 6.45) is 1.93. The van der Waals surface area contributed by atoms with Crippen molar-refractivity contribution in [1.29, 1.82) is 0 Å². The number of imidazole rings is 1. The lowest BCUT2D eigenvalue weighted by Crippen LogP contribution is -2.23. The number of nitrogens with zero attached hydrogens (tertiary/aromatic N) is 2. The van der Waals surface area contributed by atoms with Gasteiger partial charge in [-0.2, -0.15) is 0 Å². The van der Waals surface area contributed by atoms with Crippen molar-refractivity contribution in [3.05, 3.63) is 82.5 Å². The molecule has 25 heavy (non-hydrogen) atoms. The molecule has 2 aromatic carbocycles. The second-order valence-corrected chi connectivity index (χ2v) is 6.85. The first-order chi connectivity index (χ1) is 12.2. The molecular weight excluding hydrogens is 354 g/mol. The summed E-state index contributed by atoms with van der Waals surface area (Å²) in [5, 5.41) is 5.55. The molecule has 0 fully saturated rings. The molecular formula is C19H14ClN3OS. The maximum absolute atomic E-state index is 12.7. The van der Waals surface area contributed by atoms with Crippen LogP contribution in [0.4, 0.5) is 0 Å². The highest BCUT2D eigenvalue weighted by Gasteiger charge is 2.20. The van der Waals surface area contributed by atoms with E-state index in [1.165, 1.54) is 11.3 Å². The fourth-order valence-electron chi connectivity index (χ4n) is 2.73. The van der Waals surface area contributed by atoms with E-state index >= 15 is 0 Å². The van der Waals surface area contributed by atoms with Gasteiger partial charge in [0.05, 0.1) is 5.69 Å². The standard InChI is InChI=1S/C19H14ClN3OS/c20-15-8-4-5-13(11-15)12-21-18(24)16-17(14-6-2-1-3-7-14)23-9-10-25-19(23)22-16/h1-11H,12H2,(H,21,24). The van der Waals surface area contributed by atoms with Crippen LogP contribution in [-0.2, 0) is 6.54 Å². The molecule has 4 nitrogen and oxygen atoms in total. The molecule has 124 valence electrons. The van der Waals surface area contributed by atoms with Gasteiger partial charge in [-0.3, -0.25) is 9.20 Å². The lowest BCUT2D eigenvalue weighted by atomic mass is 10.1. The first kappa shape index (κ1) is 15.9. The summed E-state index contributed by atoms with van der Waals surface area (Å²) in [6.45, 7) is 0.402. The second kappa shape index (κ2) is 6.70. The van der Waals surface area contributed by atoms with Gasteiger partial charge < -0.3 is 5.32 Å². The van der Waals surface area contributed by atoms with Gasteiger partial charge in [0.1, 0.15) is 0 Å². The predicted octanol–water partition coefficient (Wildman–Crippen LogP) is 4.65. The van der Waals surface area contributed by atoms with Crippen molar-refractivity contribution in [2.24, 2.45) is 0 Å². The van der Waals surface area contributed by atoms with E-state index in [9.17, 15) is 4.79 Å². The molecule has 4 rings (SSSR count). The SMILES string of the molecule is O=C(NCc1cccc(Cl)c1)c1nc2sccn2c1-c1ccccc1. The van der Waals surface area contributed by atoms with Gasteiger partial charge in [0.2, 0.25) is 0 Å². The van der Waals surface area contributed by atoms with Gasteiger partial charge in [0, 0.05) is 28.7 Å². The van der Waals surface area contributed by atoms with Gasteiger partial charge in [0.25, 0.3) is 5.91 Å². The van der Waals surface area contributed by atoms with Crippen LogP contribution in [-0.4, -0.2) is 15.3 Å². The van der Waals surface area contributed by atoms with E-state index in [1.54, 1.807) is 0 Å². The minimum absolute atomic E-state index is 0.199. The fraction of sp³-hybridized carbons (Fsp3) is 0.0526. The number of benzene rings is 2. The van der Waals surface area contributed by atoms with Crippen LogP contribution in [0.25, 0.3) is 16.2 Å². The van der Waals surface area contributed by atoms with Crippen LogP contribution in [0.5, 0.6) is 0 Å². The lowest BCUT2D eigenvalue weighted by molar-refractivity contribution is 0.0947. The molecule has 0 saturated carbocycles. The third kappa shape index (κ3) is 3.16. The number of hydrogen-bond donors (Lipinski definition) is 1. The molecule has 0 aliphatic carbocycles. The van der Waals surface area contributed by atoms with Gasteiger partial charge in [0.15, 0.2) is 10.7 Å². The summed E-state index contributed by atoms with van der Waals surface area (Å²) in [4.78, 5) is 18.1. The lowest BCUT2D eigenvalue weighted by Gasteiger charge is -2.07. The number of fused-ring (bicyclic) bond motifs is 1. The molecule has 0 atom stereocenters. The molecule has 0 saturated heterocycles. The highest BCUT2D eigenvalue weighted by atomic mass is 35.5. The minimum atomic E-state index is -0.199. The summed E-state index contributed by atoms with van der Waals surface area (Å²) in [7, 11) is 0. The van der Waals surface area contributed by atoms with Crippen LogP contribution < -0.4 is 5.32 Å². The number of hydrogen-bond acceptors (Lipinski definition) is 3. The first-order valence-corrected chi connectivity index (χ1v) is 9.02. The number of rotatable bonds is 4. The highest BCUT2D eigenvalue weighted by Crippen LogP contribution is 2.27. The Balaban J connectivity index is 1.66. The van der Waals surface area contributed by atoms with Crippen LogP contribution >= 0.6 is 22.9 Å². The van der Waals surface area contributed by atoms with Crippen molar-refractivity contribution < 1.29 is 4.79 Å². The van der Waals surface area contributed by atoms with Crippen molar-refractivity contribution in [3.8, 4) is 11.3 Å². The van der Waals surface area contributed by atoms with E-state index in [0.717, 1.165) is 21.8 Å². The number of amides is 1. The maximum Gasteiger partial charge on any atom is 0.272 e. The molecule has 0 aliphatic heterocycles. The number of thiazole rings is 1. The molecule has 6 heteroatoms. The van der Waals surface area contributed by atoms with Gasteiger partial charge in [-0.05, 0) is 17.7 Å². The number of halogens is 1. The predicted molar refractivity (Wildman–Crippen MR) is 101 cm³/mol. The van der Waals surface area contributed by atoms with E-state index in [-0.39, 0.29) is 5.91 Å². The topological polar surface area (TPSA) is 46.4 Å². The summed E-state index contributed by atoms with van der Waals surface area (Å²) in [6, 6.07) is 17.3. The largest absolute Gasteiger partial charge is 0.347 e. The summed E-state index contributed by atoms with van der Waals surface area (Å²) in [5.74, 6) is -0.199. The van der Waals surface area contributed by atoms with Crippen LogP contribution in [0.2, 0.25) is 5.02 Å². The third-order valence-corrected chi connectivity index (χ3v) is 4.86. The van der Waals surface area contributed by atoms with Crippen LogP contribution in [0.1, 0.15) is 16.1 Å². The van der Waals surface area contributed by atoms with E-state index in [0.29, 0.717) is 17.3 Å². The molecule has 0 bridgehead atoms. The Kier molecular flexibility index (Phi) is 4.26. The Morgan fingerprint density at radius 3 is 2.80 bits per heavy atom. The fourth-order valence-corrected chi connectivity index (χ4v) is 3.66. The van der Waals surface area contributed by atoms with E-state index < -0.39 is 0 Å². The highest BCUT2D eigenvalue weighted by molar-refractivity contribution is 7.15. The number of nitrogens with one attached hydrogen (secondary N) is 1. The van der Waals surface area contributed by atoms with Crippen molar-refractivity contribution in [1.82, 2.24) is 14.7 Å². The molecule has 2 aromatic heterocycles. The van der Waals surface area contributed by atoms with Gasteiger partial charge in [-0.15, -0.1) is 11.3 Å². The molecule has 2 heterocycles. The molecule has 4 aromatic rings. The molecule has 0 radical (unpaired) electrons. The zero-order valence-electron chi connectivity index (χ0n) is 13.1. The van der Waals surface area contributed by atoms with Gasteiger partial charge >= 0.3 is 0 Å². The number of carbonyl (C=O) groups is 1. The molecule has 0 spiro atoms. The summed E-state index contributed by atoms with van der Waals surface area (Å²) < 4.78 is 1.95. The molecule has 1 amide bonds. The molecule has 1 N–H and O–H groups in total. The first-order valence-electron chi connectivity index (χ1n) is 7.76. The number of carbonyl (C=O) groups excluding carboxylic acids is 1. The quantitative estimate of drug-likeness (QED) is 0.570. The smallest absolute Gasteiger partial charge is 0.272 e. The van der Waals surface area contributed by atoms with Crippen LogP contribution in [0.15, 0.2) is 66.2 Å². The zero-order chi connectivity index (χ0) is 17.2. The Morgan fingerprint density at radius 2 is 2.00 bits per heavy atom. The van der Waals surface area contributed by atoms with Gasteiger partial charge in [-0.25, -0.2) is 4.98 Å². The second-order valence-electron chi connectivity index (χ2n) is 5.54. The maximum atomic E-state index is 12.7. The third-order valence-electron chi connectivity index (χ3n) is 3.87. The Bertz CT molecular complexity index is 1040. The van der Waals surface area contributed by atoms with Crippen LogP contribution in [0.3, 0.4) is 0 Å². The Labute approximate surface area is 153 Å². The molecule has 0 aliphatic rings. The average molecular weight is 368 g/mol. The minimum Gasteiger partial charge on any atom is -0.347 e.